The van der Waals surface area contributed by atoms with Crippen molar-refractivity contribution >= 4 is 63.8 Å². The van der Waals surface area contributed by atoms with Crippen LogP contribution in [0.15, 0.2) is 85.5 Å². The van der Waals surface area contributed by atoms with E-state index in [9.17, 15) is 28.8 Å². The molecule has 6 amide bonds. The van der Waals surface area contributed by atoms with Gasteiger partial charge >= 0.3 is 0 Å². The number of piperazine rings is 1. The van der Waals surface area contributed by atoms with Crippen LogP contribution < -0.4 is 25.6 Å². The van der Waals surface area contributed by atoms with Crippen LogP contribution in [0.25, 0.3) is 11.2 Å². The van der Waals surface area contributed by atoms with Gasteiger partial charge in [-0.1, -0.05) is 36.4 Å². The van der Waals surface area contributed by atoms with E-state index in [0.717, 1.165) is 85.9 Å². The van der Waals surface area contributed by atoms with E-state index in [4.69, 9.17) is 4.74 Å². The predicted octanol–water partition coefficient (Wildman–Crippen LogP) is 3.47. The number of imidazole rings is 1. The van der Waals surface area contributed by atoms with Crippen LogP contribution >= 0.6 is 0 Å². The molecular formula is C48H51N11O7. The average Bonchev–Trinajstić information content (AvgIpc) is 3.86. The van der Waals surface area contributed by atoms with Crippen molar-refractivity contribution in [3.8, 4) is 5.75 Å². The van der Waals surface area contributed by atoms with Crippen molar-refractivity contribution in [1.29, 1.82) is 0 Å². The molecule has 18 heteroatoms. The summed E-state index contributed by atoms with van der Waals surface area (Å²) in [6, 6.07) is 22.0. The van der Waals surface area contributed by atoms with Gasteiger partial charge in [-0.2, -0.15) is 0 Å². The van der Waals surface area contributed by atoms with Gasteiger partial charge in [0, 0.05) is 75.7 Å². The number of hydrogen-bond acceptors (Lipinski definition) is 13. The zero-order valence-corrected chi connectivity index (χ0v) is 36.4. The number of ether oxygens (including phenoxy) is 1. The fourth-order valence-electron chi connectivity index (χ4n) is 9.85. The number of nitrogens with zero attached hydrogens (tertiary/aromatic N) is 8. The van der Waals surface area contributed by atoms with E-state index in [-0.39, 0.29) is 60.2 Å². The number of benzene rings is 3. The van der Waals surface area contributed by atoms with Crippen LogP contribution in [0.3, 0.4) is 0 Å². The van der Waals surface area contributed by atoms with Crippen molar-refractivity contribution in [3.63, 3.8) is 0 Å². The second-order valence-electron chi connectivity index (χ2n) is 17.8. The monoisotopic (exact) mass is 893 g/mol. The number of fused-ring (bicyclic) bond motifs is 2. The third-order valence-corrected chi connectivity index (χ3v) is 13.6. The van der Waals surface area contributed by atoms with Gasteiger partial charge in [0.25, 0.3) is 17.7 Å². The van der Waals surface area contributed by atoms with E-state index < -0.39 is 29.7 Å². The highest BCUT2D eigenvalue weighted by Gasteiger charge is 2.46. The van der Waals surface area contributed by atoms with E-state index in [1.165, 1.54) is 6.07 Å². The first kappa shape index (κ1) is 42.7. The molecule has 4 aliphatic heterocycles. The summed E-state index contributed by atoms with van der Waals surface area (Å²) >= 11 is 0. The van der Waals surface area contributed by atoms with Crippen LogP contribution in [0.2, 0.25) is 0 Å². The summed E-state index contributed by atoms with van der Waals surface area (Å²) in [4.78, 5) is 97.9. The van der Waals surface area contributed by atoms with E-state index in [2.05, 4.69) is 69.5 Å². The van der Waals surface area contributed by atoms with Crippen LogP contribution in [-0.2, 0) is 25.6 Å². The molecule has 1 aliphatic carbocycles. The number of amides is 6. The van der Waals surface area contributed by atoms with Gasteiger partial charge < -0.3 is 29.7 Å². The number of aromatic nitrogens is 4. The highest BCUT2D eigenvalue weighted by molar-refractivity contribution is 6.24. The standard InChI is InChI=1S/C48H51N11O7/c60-39-14-13-37(46(63)54-39)59-47(64)36-7-4-8-38(42(36)48(59)65)66-27-41(62)57-17-15-31(16-18-57)26-55-19-21-56(22-20-55)34-11-9-32(10-12-34)53-44-43-45(50-28-49-44)58(29-51-43)35-24-33(25-35)52-40(61)23-30-5-2-1-3-6-30/h1-12,28-29,31,33,35,37H,13-27H2,(H,52,61)(H,49,50,53)(H,54,60,63). The van der Waals surface area contributed by atoms with Gasteiger partial charge in [-0.05, 0) is 80.0 Å². The Morgan fingerprint density at radius 3 is 2.33 bits per heavy atom. The quantitative estimate of drug-likeness (QED) is 0.145. The molecule has 4 fully saturated rings. The Bertz CT molecular complexity index is 2670. The first-order valence-electron chi connectivity index (χ1n) is 22.8. The summed E-state index contributed by atoms with van der Waals surface area (Å²) in [7, 11) is 0. The Morgan fingerprint density at radius 1 is 0.803 bits per heavy atom. The second-order valence-corrected chi connectivity index (χ2v) is 17.8. The van der Waals surface area contributed by atoms with Crippen LogP contribution in [0, 0.1) is 5.92 Å². The smallest absolute Gasteiger partial charge is 0.266 e. The number of nitrogens with one attached hydrogen (secondary N) is 3. The van der Waals surface area contributed by atoms with Crippen LogP contribution in [0.5, 0.6) is 5.75 Å². The zero-order chi connectivity index (χ0) is 45.3. The van der Waals surface area contributed by atoms with E-state index in [1.807, 2.05) is 36.7 Å². The summed E-state index contributed by atoms with van der Waals surface area (Å²) in [5, 5.41) is 8.80. The van der Waals surface area contributed by atoms with Crippen molar-refractivity contribution in [3.05, 3.63) is 102 Å². The fourth-order valence-corrected chi connectivity index (χ4v) is 9.85. The Morgan fingerprint density at radius 2 is 1.58 bits per heavy atom. The van der Waals surface area contributed by atoms with Gasteiger partial charge in [0.05, 0.1) is 23.9 Å². The first-order chi connectivity index (χ1) is 32.1. The molecule has 0 radical (unpaired) electrons. The summed E-state index contributed by atoms with van der Waals surface area (Å²) in [6.07, 6.45) is 7.24. The largest absolute Gasteiger partial charge is 0.483 e. The van der Waals surface area contributed by atoms with Gasteiger partial charge in [0.1, 0.15) is 18.1 Å². The fraction of sp³-hybridized carbons (Fsp3) is 0.396. The van der Waals surface area contributed by atoms with Crippen molar-refractivity contribution in [2.45, 2.75) is 63.1 Å². The predicted molar refractivity (Wildman–Crippen MR) is 242 cm³/mol. The van der Waals surface area contributed by atoms with Crippen molar-refractivity contribution in [2.75, 3.05) is 62.6 Å². The molecule has 1 saturated carbocycles. The van der Waals surface area contributed by atoms with E-state index in [1.54, 1.807) is 23.4 Å². The minimum Gasteiger partial charge on any atom is -0.483 e. The van der Waals surface area contributed by atoms with Gasteiger partial charge in [0.2, 0.25) is 17.7 Å². The summed E-state index contributed by atoms with van der Waals surface area (Å²) in [6.45, 7) is 5.62. The highest BCUT2D eigenvalue weighted by atomic mass is 16.5. The van der Waals surface area contributed by atoms with Gasteiger partial charge in [0.15, 0.2) is 23.6 Å². The lowest BCUT2D eigenvalue weighted by atomic mass is 9.86. The number of imide groups is 2. The Labute approximate surface area is 380 Å². The molecular weight excluding hydrogens is 843 g/mol. The van der Waals surface area contributed by atoms with Crippen LogP contribution in [0.4, 0.5) is 17.2 Å². The Hall–Kier alpha value is -7.21. The summed E-state index contributed by atoms with van der Waals surface area (Å²) < 4.78 is 7.95. The number of hydrogen-bond donors (Lipinski definition) is 3. The minimum absolute atomic E-state index is 0.0274. The molecule has 3 saturated heterocycles. The average molecular weight is 894 g/mol. The van der Waals surface area contributed by atoms with Gasteiger partial charge in [-0.25, -0.2) is 15.0 Å². The SMILES string of the molecule is O=C1CCC(N2C(=O)c3cccc(OCC(=O)N4CCC(CN5CCN(c6ccc(Nc7ncnc8c7ncn8C7CC(NC(=O)Cc8ccccc8)C7)cc6)CC5)CC4)c3C2=O)C(=O)N1. The molecule has 340 valence electrons. The molecule has 66 heavy (non-hydrogen) atoms. The maximum atomic E-state index is 13.4. The number of anilines is 3. The third-order valence-electron chi connectivity index (χ3n) is 13.6. The molecule has 10 rings (SSSR count). The van der Waals surface area contributed by atoms with Crippen LogP contribution in [0.1, 0.15) is 70.8 Å². The Kier molecular flexibility index (Phi) is 11.9. The zero-order valence-electron chi connectivity index (χ0n) is 36.4. The number of rotatable bonds is 13. The molecule has 3 aromatic carbocycles. The van der Waals surface area contributed by atoms with Crippen molar-refractivity contribution < 1.29 is 33.5 Å². The molecule has 0 spiro atoms. The number of carbonyl (C=O) groups excluding carboxylic acids is 6. The summed E-state index contributed by atoms with van der Waals surface area (Å²) in [5.41, 5.74) is 4.67. The topological polar surface area (TPSA) is 204 Å². The maximum Gasteiger partial charge on any atom is 0.266 e. The van der Waals surface area contributed by atoms with Crippen molar-refractivity contribution in [2.24, 2.45) is 5.92 Å². The highest BCUT2D eigenvalue weighted by Crippen LogP contribution is 2.36. The van der Waals surface area contributed by atoms with Crippen molar-refractivity contribution in [1.82, 2.24) is 44.9 Å². The number of carbonyl (C=O) groups is 6. The molecule has 0 bridgehead atoms. The van der Waals surface area contributed by atoms with Gasteiger partial charge in [-0.15, -0.1) is 0 Å². The molecule has 2 aromatic heterocycles. The lowest BCUT2D eigenvalue weighted by Crippen LogP contribution is -2.54. The summed E-state index contributed by atoms with van der Waals surface area (Å²) in [5.74, 6) is -1.35. The first-order valence-corrected chi connectivity index (χ1v) is 22.8. The normalized spacial score (nSPS) is 21.4. The van der Waals surface area contributed by atoms with E-state index >= 15 is 0 Å². The number of piperidine rings is 2. The van der Waals surface area contributed by atoms with E-state index in [0.29, 0.717) is 36.8 Å². The molecule has 1 unspecified atom stereocenters. The lowest BCUT2D eigenvalue weighted by Gasteiger charge is -2.39. The molecule has 5 aromatic rings. The molecule has 18 nitrogen and oxygen atoms in total. The molecule has 3 N–H and O–H groups in total. The molecule has 6 heterocycles. The van der Waals surface area contributed by atoms with Crippen LogP contribution in [-0.4, -0.2) is 134 Å². The molecule has 5 aliphatic rings. The lowest BCUT2D eigenvalue weighted by molar-refractivity contribution is -0.136. The minimum atomic E-state index is -1.08. The molecule has 1 atom stereocenters. The number of likely N-dealkylation sites (tertiary alicyclic amines) is 1. The third kappa shape index (κ3) is 8.79. The maximum absolute atomic E-state index is 13.4. The second kappa shape index (κ2) is 18.3. The van der Waals surface area contributed by atoms with Gasteiger partial charge in [-0.3, -0.25) is 43.9 Å². The Balaban J connectivity index is 0.652.